The van der Waals surface area contributed by atoms with E-state index >= 15 is 0 Å². The van der Waals surface area contributed by atoms with Crippen LogP contribution in [0.4, 0.5) is 9.18 Å². The Labute approximate surface area is 102 Å². The molecule has 1 rings (SSSR count). The highest BCUT2D eigenvalue weighted by Crippen LogP contribution is 2.15. The summed E-state index contributed by atoms with van der Waals surface area (Å²) in [5, 5.41) is 3.20. The second-order valence-electron chi connectivity index (χ2n) is 5.36. The molecule has 4 nitrogen and oxygen atoms in total. The van der Waals surface area contributed by atoms with Gasteiger partial charge in [0.05, 0.1) is 6.67 Å². The summed E-state index contributed by atoms with van der Waals surface area (Å²) in [4.78, 5) is 13.7. The highest BCUT2D eigenvalue weighted by Gasteiger charge is 2.29. The number of carbonyl (C=O) groups is 1. The SMILES string of the molecule is CC(C)(C)OC(=O)N(CCCF)C1CCNC1. The van der Waals surface area contributed by atoms with Crippen molar-refractivity contribution < 1.29 is 13.9 Å². The van der Waals surface area contributed by atoms with E-state index in [0.717, 1.165) is 19.5 Å². The van der Waals surface area contributed by atoms with Crippen molar-refractivity contribution in [2.45, 2.75) is 45.3 Å². The lowest BCUT2D eigenvalue weighted by molar-refractivity contribution is 0.0171. The van der Waals surface area contributed by atoms with Crippen molar-refractivity contribution in [2.75, 3.05) is 26.3 Å². The monoisotopic (exact) mass is 246 g/mol. The number of carbonyl (C=O) groups excluding carboxylic acids is 1. The Morgan fingerprint density at radius 3 is 2.71 bits per heavy atom. The van der Waals surface area contributed by atoms with Crippen molar-refractivity contribution in [2.24, 2.45) is 0 Å². The Bertz CT molecular complexity index is 247. The van der Waals surface area contributed by atoms with Gasteiger partial charge in [0.15, 0.2) is 0 Å². The molecule has 0 aromatic heterocycles. The second kappa shape index (κ2) is 6.19. The quantitative estimate of drug-likeness (QED) is 0.824. The lowest BCUT2D eigenvalue weighted by Crippen LogP contribution is -2.45. The smallest absolute Gasteiger partial charge is 0.410 e. The molecule has 0 spiro atoms. The Morgan fingerprint density at radius 1 is 1.53 bits per heavy atom. The highest BCUT2D eigenvalue weighted by molar-refractivity contribution is 5.68. The third-order valence-corrected chi connectivity index (χ3v) is 2.64. The molecule has 0 saturated carbocycles. The molecule has 0 aliphatic carbocycles. The van der Waals surface area contributed by atoms with Crippen LogP contribution in [0.3, 0.4) is 0 Å². The molecule has 1 saturated heterocycles. The van der Waals surface area contributed by atoms with E-state index in [9.17, 15) is 9.18 Å². The van der Waals surface area contributed by atoms with E-state index in [-0.39, 0.29) is 12.1 Å². The van der Waals surface area contributed by atoms with Crippen LogP contribution >= 0.6 is 0 Å². The fraction of sp³-hybridized carbons (Fsp3) is 0.917. The molecule has 0 aromatic rings. The van der Waals surface area contributed by atoms with Crippen LogP contribution in [0.1, 0.15) is 33.6 Å². The zero-order valence-electron chi connectivity index (χ0n) is 11.0. The molecule has 1 aliphatic rings. The van der Waals surface area contributed by atoms with E-state index in [4.69, 9.17) is 4.74 Å². The molecular weight excluding hydrogens is 223 g/mol. The number of rotatable bonds is 4. The van der Waals surface area contributed by atoms with Crippen LogP contribution in [0.15, 0.2) is 0 Å². The second-order valence-corrected chi connectivity index (χ2v) is 5.36. The van der Waals surface area contributed by atoms with Crippen LogP contribution < -0.4 is 5.32 Å². The minimum absolute atomic E-state index is 0.136. The van der Waals surface area contributed by atoms with Crippen LogP contribution in [0.2, 0.25) is 0 Å². The first kappa shape index (κ1) is 14.2. The van der Waals surface area contributed by atoms with Crippen LogP contribution in [0, 0.1) is 0 Å². The Hall–Kier alpha value is -0.840. The molecule has 100 valence electrons. The lowest BCUT2D eigenvalue weighted by Gasteiger charge is -2.31. The van der Waals surface area contributed by atoms with E-state index in [1.807, 2.05) is 20.8 Å². The summed E-state index contributed by atoms with van der Waals surface area (Å²) in [6, 6.07) is 0.136. The number of hydrogen-bond acceptors (Lipinski definition) is 3. The summed E-state index contributed by atoms with van der Waals surface area (Å²) in [5.74, 6) is 0. The predicted octanol–water partition coefficient (Wildman–Crippen LogP) is 1.95. The number of amides is 1. The Morgan fingerprint density at radius 2 is 2.24 bits per heavy atom. The fourth-order valence-electron chi connectivity index (χ4n) is 1.88. The van der Waals surface area contributed by atoms with Gasteiger partial charge in [-0.15, -0.1) is 0 Å². The molecular formula is C12H23FN2O2. The molecule has 1 heterocycles. The van der Waals surface area contributed by atoms with Crippen LogP contribution in [0.5, 0.6) is 0 Å². The van der Waals surface area contributed by atoms with Gasteiger partial charge in [0, 0.05) is 19.1 Å². The summed E-state index contributed by atoms with van der Waals surface area (Å²) in [7, 11) is 0. The Balaban J connectivity index is 2.57. The number of hydrogen-bond donors (Lipinski definition) is 1. The third-order valence-electron chi connectivity index (χ3n) is 2.64. The van der Waals surface area contributed by atoms with Crippen LogP contribution in [-0.4, -0.2) is 48.9 Å². The normalized spacial score (nSPS) is 20.4. The van der Waals surface area contributed by atoms with Crippen molar-refractivity contribution in [3.05, 3.63) is 0 Å². The largest absolute Gasteiger partial charge is 0.444 e. The summed E-state index contributed by atoms with van der Waals surface area (Å²) >= 11 is 0. The van der Waals surface area contributed by atoms with Crippen molar-refractivity contribution in [1.29, 1.82) is 0 Å². The summed E-state index contributed by atoms with van der Waals surface area (Å²) < 4.78 is 17.6. The average Bonchev–Trinajstić information content (AvgIpc) is 2.68. The molecule has 1 aliphatic heterocycles. The zero-order chi connectivity index (χ0) is 12.9. The van der Waals surface area contributed by atoms with Gasteiger partial charge in [-0.1, -0.05) is 0 Å². The molecule has 1 amide bonds. The van der Waals surface area contributed by atoms with Gasteiger partial charge >= 0.3 is 6.09 Å². The topological polar surface area (TPSA) is 41.6 Å². The van der Waals surface area contributed by atoms with E-state index < -0.39 is 12.3 Å². The van der Waals surface area contributed by atoms with E-state index in [1.54, 1.807) is 4.90 Å². The molecule has 0 aromatic carbocycles. The number of alkyl halides is 1. The standard InChI is InChI=1S/C12H23FN2O2/c1-12(2,3)17-11(16)15(8-4-6-13)10-5-7-14-9-10/h10,14H,4-9H2,1-3H3. The van der Waals surface area contributed by atoms with Crippen molar-refractivity contribution in [3.8, 4) is 0 Å². The van der Waals surface area contributed by atoms with E-state index in [1.165, 1.54) is 0 Å². The van der Waals surface area contributed by atoms with Gasteiger partial charge in [0.25, 0.3) is 0 Å². The predicted molar refractivity (Wildman–Crippen MR) is 64.8 cm³/mol. The highest BCUT2D eigenvalue weighted by atomic mass is 19.1. The molecule has 0 radical (unpaired) electrons. The molecule has 1 fully saturated rings. The molecule has 17 heavy (non-hydrogen) atoms. The first-order valence-electron chi connectivity index (χ1n) is 6.20. The van der Waals surface area contributed by atoms with E-state index in [2.05, 4.69) is 5.32 Å². The molecule has 5 heteroatoms. The summed E-state index contributed by atoms with van der Waals surface area (Å²) in [6.07, 6.45) is 0.945. The van der Waals surface area contributed by atoms with Crippen molar-refractivity contribution >= 4 is 6.09 Å². The number of ether oxygens (including phenoxy) is 1. The fourth-order valence-corrected chi connectivity index (χ4v) is 1.88. The summed E-state index contributed by atoms with van der Waals surface area (Å²) in [6.45, 7) is 7.21. The number of nitrogens with one attached hydrogen (secondary N) is 1. The molecule has 1 N–H and O–H groups in total. The van der Waals surface area contributed by atoms with Gasteiger partial charge in [-0.25, -0.2) is 4.79 Å². The number of halogens is 1. The van der Waals surface area contributed by atoms with Gasteiger partial charge < -0.3 is 15.0 Å². The van der Waals surface area contributed by atoms with Crippen LogP contribution in [0.25, 0.3) is 0 Å². The average molecular weight is 246 g/mol. The van der Waals surface area contributed by atoms with Gasteiger partial charge in [-0.05, 0) is 40.2 Å². The molecule has 1 unspecified atom stereocenters. The van der Waals surface area contributed by atoms with Gasteiger partial charge in [0.1, 0.15) is 5.60 Å². The summed E-state index contributed by atoms with van der Waals surface area (Å²) in [5.41, 5.74) is -0.503. The van der Waals surface area contributed by atoms with Crippen molar-refractivity contribution in [3.63, 3.8) is 0 Å². The molecule has 0 bridgehead atoms. The van der Waals surface area contributed by atoms with Gasteiger partial charge in [-0.3, -0.25) is 4.39 Å². The third kappa shape index (κ3) is 4.89. The van der Waals surface area contributed by atoms with E-state index in [0.29, 0.717) is 13.0 Å². The number of nitrogens with zero attached hydrogens (tertiary/aromatic N) is 1. The van der Waals surface area contributed by atoms with Crippen molar-refractivity contribution in [1.82, 2.24) is 10.2 Å². The maximum atomic E-state index is 12.2. The zero-order valence-corrected chi connectivity index (χ0v) is 11.0. The van der Waals surface area contributed by atoms with Gasteiger partial charge in [-0.2, -0.15) is 0 Å². The van der Waals surface area contributed by atoms with Gasteiger partial charge in [0.2, 0.25) is 0 Å². The first-order valence-corrected chi connectivity index (χ1v) is 6.20. The Kier molecular flexibility index (Phi) is 5.18. The molecule has 1 atom stereocenters. The lowest BCUT2D eigenvalue weighted by atomic mass is 10.2. The minimum atomic E-state index is -0.503. The first-order chi connectivity index (χ1) is 7.94. The minimum Gasteiger partial charge on any atom is -0.444 e. The maximum Gasteiger partial charge on any atom is 0.410 e. The van der Waals surface area contributed by atoms with Crippen LogP contribution in [-0.2, 0) is 4.74 Å². The maximum absolute atomic E-state index is 12.2.